The predicted octanol–water partition coefficient (Wildman–Crippen LogP) is 0.742. The second-order valence-corrected chi connectivity index (χ2v) is 4.43. The fourth-order valence-electron chi connectivity index (χ4n) is 1.16. The SMILES string of the molecule is NCc1nc(C(=O)NCC2CC2)cs1. The van der Waals surface area contributed by atoms with Crippen molar-refractivity contribution in [3.05, 3.63) is 16.1 Å². The maximum atomic E-state index is 11.5. The largest absolute Gasteiger partial charge is 0.350 e. The Morgan fingerprint density at radius 1 is 1.71 bits per heavy atom. The van der Waals surface area contributed by atoms with Gasteiger partial charge in [-0.25, -0.2) is 4.98 Å². The molecule has 14 heavy (non-hydrogen) atoms. The van der Waals surface area contributed by atoms with Crippen LogP contribution in [0.4, 0.5) is 0 Å². The molecule has 1 heterocycles. The number of nitrogens with one attached hydrogen (secondary N) is 1. The van der Waals surface area contributed by atoms with E-state index < -0.39 is 0 Å². The fourth-order valence-corrected chi connectivity index (χ4v) is 1.81. The van der Waals surface area contributed by atoms with Crippen molar-refractivity contribution in [1.29, 1.82) is 0 Å². The maximum Gasteiger partial charge on any atom is 0.270 e. The molecule has 1 aromatic rings. The zero-order chi connectivity index (χ0) is 9.97. The second-order valence-electron chi connectivity index (χ2n) is 3.48. The van der Waals surface area contributed by atoms with Gasteiger partial charge in [-0.05, 0) is 18.8 Å². The summed E-state index contributed by atoms with van der Waals surface area (Å²) in [5.74, 6) is 0.624. The van der Waals surface area contributed by atoms with E-state index in [9.17, 15) is 4.79 Å². The van der Waals surface area contributed by atoms with Crippen LogP contribution in [-0.2, 0) is 6.54 Å². The van der Waals surface area contributed by atoms with Gasteiger partial charge >= 0.3 is 0 Å². The molecule has 0 aliphatic heterocycles. The lowest BCUT2D eigenvalue weighted by atomic mass is 10.4. The predicted molar refractivity (Wildman–Crippen MR) is 55.1 cm³/mol. The third-order valence-electron chi connectivity index (χ3n) is 2.21. The Morgan fingerprint density at radius 3 is 3.07 bits per heavy atom. The first kappa shape index (κ1) is 9.61. The highest BCUT2D eigenvalue weighted by Gasteiger charge is 2.22. The van der Waals surface area contributed by atoms with E-state index in [1.54, 1.807) is 5.38 Å². The molecule has 0 spiro atoms. The van der Waals surface area contributed by atoms with Crippen LogP contribution in [0.1, 0.15) is 28.3 Å². The van der Waals surface area contributed by atoms with Crippen LogP contribution in [0.25, 0.3) is 0 Å². The molecule has 1 aromatic heterocycles. The molecule has 3 N–H and O–H groups in total. The molecule has 0 unspecified atom stereocenters. The molecule has 1 aliphatic carbocycles. The van der Waals surface area contributed by atoms with Crippen LogP contribution in [0.3, 0.4) is 0 Å². The molecule has 1 saturated carbocycles. The van der Waals surface area contributed by atoms with Crippen molar-refractivity contribution in [1.82, 2.24) is 10.3 Å². The molecule has 5 heteroatoms. The van der Waals surface area contributed by atoms with Gasteiger partial charge in [0, 0.05) is 18.5 Å². The van der Waals surface area contributed by atoms with Crippen LogP contribution < -0.4 is 11.1 Å². The first-order chi connectivity index (χ1) is 6.79. The molecule has 0 radical (unpaired) electrons. The van der Waals surface area contributed by atoms with Crippen LogP contribution >= 0.6 is 11.3 Å². The van der Waals surface area contributed by atoms with Crippen molar-refractivity contribution in [2.24, 2.45) is 11.7 Å². The summed E-state index contributed by atoms with van der Waals surface area (Å²) < 4.78 is 0. The summed E-state index contributed by atoms with van der Waals surface area (Å²) in [4.78, 5) is 15.6. The third-order valence-corrected chi connectivity index (χ3v) is 3.08. The van der Waals surface area contributed by atoms with Crippen molar-refractivity contribution in [3.8, 4) is 0 Å². The number of carbonyl (C=O) groups is 1. The summed E-state index contributed by atoms with van der Waals surface area (Å²) in [6, 6.07) is 0. The summed E-state index contributed by atoms with van der Waals surface area (Å²) in [6.07, 6.45) is 2.48. The first-order valence-corrected chi connectivity index (χ1v) is 5.60. The van der Waals surface area contributed by atoms with E-state index in [1.807, 2.05) is 0 Å². The van der Waals surface area contributed by atoms with Gasteiger partial charge < -0.3 is 11.1 Å². The van der Waals surface area contributed by atoms with E-state index in [1.165, 1.54) is 24.2 Å². The van der Waals surface area contributed by atoms with Gasteiger partial charge in [0.15, 0.2) is 0 Å². The smallest absolute Gasteiger partial charge is 0.270 e. The van der Waals surface area contributed by atoms with E-state index in [0.717, 1.165) is 11.6 Å². The Kier molecular flexibility index (Phi) is 2.79. The van der Waals surface area contributed by atoms with E-state index in [4.69, 9.17) is 5.73 Å². The van der Waals surface area contributed by atoms with Crippen molar-refractivity contribution in [2.45, 2.75) is 19.4 Å². The molecule has 1 amide bonds. The quantitative estimate of drug-likeness (QED) is 0.772. The Bertz CT molecular complexity index is 333. The van der Waals surface area contributed by atoms with Gasteiger partial charge in [-0.1, -0.05) is 0 Å². The van der Waals surface area contributed by atoms with Crippen LogP contribution in [0.2, 0.25) is 0 Å². The topological polar surface area (TPSA) is 68.0 Å². The lowest BCUT2D eigenvalue weighted by Gasteiger charge is -1.99. The van der Waals surface area contributed by atoms with Gasteiger partial charge in [0.25, 0.3) is 5.91 Å². The van der Waals surface area contributed by atoms with Crippen molar-refractivity contribution >= 4 is 17.2 Å². The zero-order valence-electron chi connectivity index (χ0n) is 7.82. The lowest BCUT2D eigenvalue weighted by Crippen LogP contribution is -2.25. The molecule has 1 fully saturated rings. The number of hydrogen-bond acceptors (Lipinski definition) is 4. The van der Waals surface area contributed by atoms with Crippen LogP contribution in [0, 0.1) is 5.92 Å². The van der Waals surface area contributed by atoms with E-state index >= 15 is 0 Å². The molecule has 0 aromatic carbocycles. The van der Waals surface area contributed by atoms with E-state index in [-0.39, 0.29) is 5.91 Å². The van der Waals surface area contributed by atoms with Gasteiger partial charge in [-0.15, -0.1) is 11.3 Å². The number of nitrogens with zero attached hydrogens (tertiary/aromatic N) is 1. The summed E-state index contributed by atoms with van der Waals surface area (Å²) in [7, 11) is 0. The lowest BCUT2D eigenvalue weighted by molar-refractivity contribution is 0.0947. The number of thiazole rings is 1. The first-order valence-electron chi connectivity index (χ1n) is 4.72. The molecular formula is C9H13N3OS. The normalized spacial score (nSPS) is 15.5. The molecule has 1 aliphatic rings. The minimum Gasteiger partial charge on any atom is -0.350 e. The minimum absolute atomic E-state index is 0.0761. The highest BCUT2D eigenvalue weighted by Crippen LogP contribution is 2.27. The number of rotatable bonds is 4. The van der Waals surface area contributed by atoms with Crippen LogP contribution in [-0.4, -0.2) is 17.4 Å². The fraction of sp³-hybridized carbons (Fsp3) is 0.556. The number of nitrogens with two attached hydrogens (primary N) is 1. The Hall–Kier alpha value is -0.940. The zero-order valence-corrected chi connectivity index (χ0v) is 8.64. The molecule has 0 saturated heterocycles. The molecule has 76 valence electrons. The maximum absolute atomic E-state index is 11.5. The summed E-state index contributed by atoms with van der Waals surface area (Å²) in [5.41, 5.74) is 5.91. The number of carbonyl (C=O) groups excluding carboxylic acids is 1. The molecule has 0 atom stereocenters. The van der Waals surface area contributed by atoms with Crippen molar-refractivity contribution in [2.75, 3.05) is 6.54 Å². The average Bonchev–Trinajstić information content (AvgIpc) is 2.90. The molecular weight excluding hydrogens is 198 g/mol. The van der Waals surface area contributed by atoms with Gasteiger partial charge in [-0.3, -0.25) is 4.79 Å². The summed E-state index contributed by atoms with van der Waals surface area (Å²) in [5, 5.41) is 5.42. The van der Waals surface area contributed by atoms with Gasteiger partial charge in [-0.2, -0.15) is 0 Å². The van der Waals surface area contributed by atoms with Crippen molar-refractivity contribution < 1.29 is 4.79 Å². The highest BCUT2D eigenvalue weighted by atomic mass is 32.1. The second kappa shape index (κ2) is 4.06. The van der Waals surface area contributed by atoms with Gasteiger partial charge in [0.2, 0.25) is 0 Å². The monoisotopic (exact) mass is 211 g/mol. The molecule has 2 rings (SSSR count). The number of hydrogen-bond donors (Lipinski definition) is 2. The Labute approximate surface area is 86.5 Å². The summed E-state index contributed by atoms with van der Waals surface area (Å²) in [6.45, 7) is 1.19. The Morgan fingerprint density at radius 2 is 2.50 bits per heavy atom. The number of amides is 1. The van der Waals surface area contributed by atoms with Crippen molar-refractivity contribution in [3.63, 3.8) is 0 Å². The number of aromatic nitrogens is 1. The van der Waals surface area contributed by atoms with Gasteiger partial charge in [0.05, 0.1) is 0 Å². The highest BCUT2D eigenvalue weighted by molar-refractivity contribution is 7.09. The van der Waals surface area contributed by atoms with E-state index in [2.05, 4.69) is 10.3 Å². The summed E-state index contributed by atoms with van der Waals surface area (Å²) >= 11 is 1.43. The molecule has 0 bridgehead atoms. The minimum atomic E-state index is -0.0761. The van der Waals surface area contributed by atoms with Crippen LogP contribution in [0.5, 0.6) is 0 Å². The Balaban J connectivity index is 1.88. The third kappa shape index (κ3) is 2.30. The van der Waals surface area contributed by atoms with E-state index in [0.29, 0.717) is 18.2 Å². The molecule has 4 nitrogen and oxygen atoms in total. The average molecular weight is 211 g/mol. The van der Waals surface area contributed by atoms with Gasteiger partial charge in [0.1, 0.15) is 10.7 Å². The standard InChI is InChI=1S/C9H13N3OS/c10-3-8-12-7(5-14-8)9(13)11-4-6-1-2-6/h5-6H,1-4,10H2,(H,11,13). The van der Waals surface area contributed by atoms with Crippen LogP contribution in [0.15, 0.2) is 5.38 Å².